The summed E-state index contributed by atoms with van der Waals surface area (Å²) in [4.78, 5) is 13.8. The highest BCUT2D eigenvalue weighted by Crippen LogP contribution is 2.73. The Hall–Kier alpha value is -2.33. The number of imidazole rings is 1. The van der Waals surface area contributed by atoms with Gasteiger partial charge in [0.15, 0.2) is 12.1 Å². The van der Waals surface area contributed by atoms with E-state index in [0.29, 0.717) is 46.2 Å². The molecule has 4 heterocycles. The van der Waals surface area contributed by atoms with Crippen LogP contribution in [-0.2, 0) is 14.9 Å². The van der Waals surface area contributed by atoms with E-state index in [9.17, 15) is 5.11 Å². The number of ether oxygens (including phenoxy) is 2. The number of aromatic nitrogens is 4. The maximum atomic E-state index is 15.5. The molecule has 4 bridgehead atoms. The number of fused-ring (bicyclic) bond motifs is 3. The van der Waals surface area contributed by atoms with E-state index in [2.05, 4.69) is 40.6 Å². The molecule has 2 aromatic heterocycles. The molecule has 5 aliphatic rings. The highest BCUT2D eigenvalue weighted by atomic mass is 35.5. The Labute approximate surface area is 213 Å². The van der Waals surface area contributed by atoms with Crippen LogP contribution in [0.1, 0.15) is 58.3 Å². The van der Waals surface area contributed by atoms with Crippen LogP contribution < -0.4 is 5.32 Å². The minimum Gasteiger partial charge on any atom is -0.388 e. The first-order valence-corrected chi connectivity index (χ1v) is 13.0. The largest absolute Gasteiger partial charge is 0.388 e. The molecular weight excluding hydrogens is 485 g/mol. The minimum absolute atomic E-state index is 0.0714. The number of aliphatic hydroxyl groups is 1. The standard InChI is InChI=1S/C26H29ClFN5O3/c1-12(2)33-17-5-13(4-15(28)21(17)31-23(33)26-9-25(3,10-26)11-26)20-14(27)7-29-24(32-20)30-16-6-19-35-8-18(36-19)22(16)34/h4-5,7,12,16,18-19,22,34H,6,8-11H2,1-3H3,(H,29,30,32)/t16?,18-,19-,22-,25?,26?/m0/s1. The number of nitrogens with zero attached hydrogens (tertiary/aromatic N) is 4. The van der Waals surface area contributed by atoms with Gasteiger partial charge in [-0.05, 0) is 50.7 Å². The van der Waals surface area contributed by atoms with Gasteiger partial charge in [-0.15, -0.1) is 0 Å². The molecule has 0 amide bonds. The van der Waals surface area contributed by atoms with Gasteiger partial charge >= 0.3 is 0 Å². The number of hydrogen-bond acceptors (Lipinski definition) is 7. The van der Waals surface area contributed by atoms with E-state index in [1.807, 2.05) is 6.07 Å². The van der Waals surface area contributed by atoms with Crippen molar-refractivity contribution in [1.82, 2.24) is 19.5 Å². The molecule has 2 aliphatic heterocycles. The monoisotopic (exact) mass is 513 g/mol. The lowest BCUT2D eigenvalue weighted by molar-refractivity contribution is -0.132. The molecule has 1 unspecified atom stereocenters. The van der Waals surface area contributed by atoms with E-state index in [1.165, 1.54) is 12.3 Å². The number of rotatable bonds is 5. The molecule has 3 aliphatic carbocycles. The van der Waals surface area contributed by atoms with Crippen LogP contribution in [0.3, 0.4) is 0 Å². The summed E-state index contributed by atoms with van der Waals surface area (Å²) in [6.45, 7) is 6.90. The molecule has 2 saturated heterocycles. The van der Waals surface area contributed by atoms with Crippen molar-refractivity contribution in [2.24, 2.45) is 5.41 Å². The maximum Gasteiger partial charge on any atom is 0.223 e. The fraction of sp³-hybridized carbons (Fsp3) is 0.577. The van der Waals surface area contributed by atoms with E-state index in [4.69, 9.17) is 26.1 Å². The van der Waals surface area contributed by atoms with Crippen molar-refractivity contribution in [3.63, 3.8) is 0 Å². The van der Waals surface area contributed by atoms with Crippen LogP contribution in [0.4, 0.5) is 10.3 Å². The Bertz CT molecular complexity index is 1370. The van der Waals surface area contributed by atoms with Crippen LogP contribution in [0.15, 0.2) is 18.3 Å². The van der Waals surface area contributed by atoms with Gasteiger partial charge in [-0.25, -0.2) is 19.3 Å². The Morgan fingerprint density at radius 2 is 2.03 bits per heavy atom. The summed E-state index contributed by atoms with van der Waals surface area (Å²) in [5.41, 5.74) is 2.62. The van der Waals surface area contributed by atoms with Gasteiger partial charge in [-0.2, -0.15) is 0 Å². The second-order valence-corrected chi connectivity index (χ2v) is 12.1. The zero-order valence-corrected chi connectivity index (χ0v) is 21.2. The Morgan fingerprint density at radius 1 is 1.25 bits per heavy atom. The molecule has 36 heavy (non-hydrogen) atoms. The van der Waals surface area contributed by atoms with E-state index >= 15 is 4.39 Å². The summed E-state index contributed by atoms with van der Waals surface area (Å²) in [5, 5.41) is 14.1. The fourth-order valence-corrected chi connectivity index (χ4v) is 7.25. The molecule has 190 valence electrons. The average Bonchev–Trinajstić information content (AvgIpc) is 3.38. The van der Waals surface area contributed by atoms with E-state index < -0.39 is 11.9 Å². The normalized spacial score (nSPS) is 34.6. The third kappa shape index (κ3) is 3.25. The van der Waals surface area contributed by atoms with Gasteiger partial charge in [0, 0.05) is 23.4 Å². The van der Waals surface area contributed by atoms with Crippen molar-refractivity contribution in [2.75, 3.05) is 11.9 Å². The Balaban J connectivity index is 1.27. The second kappa shape index (κ2) is 7.60. The third-order valence-electron chi connectivity index (χ3n) is 8.38. The fourth-order valence-electron chi connectivity index (χ4n) is 7.05. The number of anilines is 1. The van der Waals surface area contributed by atoms with E-state index in [0.717, 1.165) is 30.6 Å². The van der Waals surface area contributed by atoms with E-state index in [-0.39, 0.29) is 29.9 Å². The molecule has 3 aromatic rings. The zero-order valence-electron chi connectivity index (χ0n) is 20.5. The molecular formula is C26H29ClFN5O3. The molecule has 2 N–H and O–H groups in total. The summed E-state index contributed by atoms with van der Waals surface area (Å²) in [6.07, 6.45) is 3.83. The van der Waals surface area contributed by atoms with Gasteiger partial charge in [-0.3, -0.25) is 0 Å². The molecule has 5 fully saturated rings. The number of hydrogen-bond donors (Lipinski definition) is 2. The van der Waals surface area contributed by atoms with Crippen LogP contribution in [0, 0.1) is 11.2 Å². The van der Waals surface area contributed by atoms with Crippen molar-refractivity contribution < 1.29 is 19.0 Å². The summed E-state index contributed by atoms with van der Waals surface area (Å²) < 4.78 is 28.8. The number of aliphatic hydroxyl groups excluding tert-OH is 1. The van der Waals surface area contributed by atoms with Gasteiger partial charge in [0.25, 0.3) is 0 Å². The maximum absolute atomic E-state index is 15.5. The summed E-state index contributed by atoms with van der Waals surface area (Å²) in [5.74, 6) is 0.910. The van der Waals surface area contributed by atoms with Crippen LogP contribution in [-0.4, -0.2) is 55.8 Å². The van der Waals surface area contributed by atoms with Crippen LogP contribution in [0.25, 0.3) is 22.3 Å². The smallest absolute Gasteiger partial charge is 0.223 e. The Morgan fingerprint density at radius 3 is 2.75 bits per heavy atom. The van der Waals surface area contributed by atoms with Gasteiger partial charge in [0.1, 0.15) is 23.5 Å². The molecule has 0 radical (unpaired) electrons. The summed E-state index contributed by atoms with van der Waals surface area (Å²) in [7, 11) is 0. The molecule has 1 aromatic carbocycles. The predicted molar refractivity (Wildman–Crippen MR) is 132 cm³/mol. The molecule has 10 heteroatoms. The van der Waals surface area contributed by atoms with Crippen LogP contribution in [0.5, 0.6) is 0 Å². The van der Waals surface area contributed by atoms with Crippen molar-refractivity contribution in [3.8, 4) is 11.3 Å². The topological polar surface area (TPSA) is 94.3 Å². The third-order valence-corrected chi connectivity index (χ3v) is 8.66. The van der Waals surface area contributed by atoms with Gasteiger partial charge in [0.2, 0.25) is 5.95 Å². The predicted octanol–water partition coefficient (Wildman–Crippen LogP) is 4.59. The second-order valence-electron chi connectivity index (χ2n) is 11.7. The molecule has 3 saturated carbocycles. The van der Waals surface area contributed by atoms with Crippen molar-refractivity contribution in [1.29, 1.82) is 0 Å². The lowest BCUT2D eigenvalue weighted by Gasteiger charge is -2.69. The number of nitrogens with one attached hydrogen (secondary N) is 1. The van der Waals surface area contributed by atoms with Gasteiger partial charge in [0.05, 0.1) is 35.1 Å². The van der Waals surface area contributed by atoms with Crippen molar-refractivity contribution in [3.05, 3.63) is 35.0 Å². The molecule has 8 rings (SSSR count). The van der Waals surface area contributed by atoms with Crippen LogP contribution >= 0.6 is 11.6 Å². The first-order valence-electron chi connectivity index (χ1n) is 12.6. The number of halogens is 2. The lowest BCUT2D eigenvalue weighted by Crippen LogP contribution is -2.63. The first-order chi connectivity index (χ1) is 17.1. The van der Waals surface area contributed by atoms with Crippen molar-refractivity contribution in [2.45, 2.75) is 82.5 Å². The van der Waals surface area contributed by atoms with Crippen molar-refractivity contribution >= 4 is 28.6 Å². The molecule has 4 atom stereocenters. The summed E-state index contributed by atoms with van der Waals surface area (Å²) >= 11 is 6.51. The SMILES string of the molecule is CC(C)n1c(C23CC(C)(C2)C3)nc2c(F)cc(-c3nc(NC4C[C@H]5OC[C@H](O5)[C@H]4O)ncc3Cl)cc21. The summed E-state index contributed by atoms with van der Waals surface area (Å²) in [6, 6.07) is 3.18. The average molecular weight is 514 g/mol. The quantitative estimate of drug-likeness (QED) is 0.515. The molecule has 8 nitrogen and oxygen atoms in total. The minimum atomic E-state index is -0.752. The number of benzene rings is 1. The highest BCUT2D eigenvalue weighted by molar-refractivity contribution is 6.33. The lowest BCUT2D eigenvalue weighted by atomic mass is 9.35. The zero-order chi connectivity index (χ0) is 25.0. The Kier molecular flexibility index (Phi) is 4.82. The molecule has 0 spiro atoms. The van der Waals surface area contributed by atoms with Gasteiger partial charge < -0.3 is 24.5 Å². The van der Waals surface area contributed by atoms with E-state index in [1.54, 1.807) is 0 Å². The van der Waals surface area contributed by atoms with Crippen LogP contribution in [0.2, 0.25) is 5.02 Å². The first kappa shape index (κ1) is 22.8. The van der Waals surface area contributed by atoms with Gasteiger partial charge in [-0.1, -0.05) is 18.5 Å². The highest BCUT2D eigenvalue weighted by Gasteiger charge is 2.67.